The number of hydrogen-bond acceptors (Lipinski definition) is 3. The van der Waals surface area contributed by atoms with Crippen LogP contribution in [-0.4, -0.2) is 52.4 Å². The van der Waals surface area contributed by atoms with Crippen LogP contribution in [0.4, 0.5) is 4.39 Å². The summed E-state index contributed by atoms with van der Waals surface area (Å²) in [6, 6.07) is 2.47. The Morgan fingerprint density at radius 3 is 2.62 bits per heavy atom. The van der Waals surface area contributed by atoms with Crippen LogP contribution in [0.2, 0.25) is 5.02 Å². The summed E-state index contributed by atoms with van der Waals surface area (Å²) < 4.78 is 13.4. The van der Waals surface area contributed by atoms with Crippen molar-refractivity contribution in [3.63, 3.8) is 0 Å². The van der Waals surface area contributed by atoms with Crippen molar-refractivity contribution in [2.45, 2.75) is 18.9 Å². The van der Waals surface area contributed by atoms with E-state index in [4.69, 9.17) is 11.6 Å². The number of benzene rings is 1. The predicted octanol–water partition coefficient (Wildman–Crippen LogP) is 1.63. The molecule has 0 radical (unpaired) electrons. The zero-order valence-electron chi connectivity index (χ0n) is 11.2. The molecule has 1 aliphatic heterocycles. The average Bonchev–Trinajstić information content (AvgIpc) is 3.27. The minimum absolute atomic E-state index is 0.00452. The van der Waals surface area contributed by atoms with E-state index < -0.39 is 17.5 Å². The van der Waals surface area contributed by atoms with Gasteiger partial charge in [0, 0.05) is 24.7 Å². The highest BCUT2D eigenvalue weighted by Gasteiger charge is 2.37. The van der Waals surface area contributed by atoms with E-state index in [1.807, 2.05) is 0 Å². The summed E-state index contributed by atoms with van der Waals surface area (Å²) in [6.07, 6.45) is 2.05. The van der Waals surface area contributed by atoms with Crippen molar-refractivity contribution in [1.29, 1.82) is 0 Å². The van der Waals surface area contributed by atoms with Crippen molar-refractivity contribution in [3.05, 3.63) is 28.5 Å². The first-order valence-electron chi connectivity index (χ1n) is 6.74. The molecule has 7 heteroatoms. The first kappa shape index (κ1) is 14.1. The molecule has 21 heavy (non-hydrogen) atoms. The summed E-state index contributed by atoms with van der Waals surface area (Å²) in [5.74, 6) is -2.17. The van der Waals surface area contributed by atoms with Gasteiger partial charge in [0.05, 0.1) is 5.02 Å². The Hall–Kier alpha value is -1.82. The van der Waals surface area contributed by atoms with E-state index in [1.54, 1.807) is 4.90 Å². The number of piperazine rings is 1. The largest absolute Gasteiger partial charge is 0.504 e. The van der Waals surface area contributed by atoms with Gasteiger partial charge in [-0.2, -0.15) is 0 Å². The highest BCUT2D eigenvalue weighted by Crippen LogP contribution is 2.30. The van der Waals surface area contributed by atoms with Crippen molar-refractivity contribution in [2.24, 2.45) is 0 Å². The quantitative estimate of drug-likeness (QED) is 0.903. The third-order valence-corrected chi connectivity index (χ3v) is 4.08. The van der Waals surface area contributed by atoms with Crippen LogP contribution in [-0.2, 0) is 4.79 Å². The molecular formula is C14H14ClFN2O3. The topological polar surface area (TPSA) is 60.9 Å². The zero-order valence-corrected chi connectivity index (χ0v) is 11.9. The Labute approximate surface area is 125 Å². The van der Waals surface area contributed by atoms with Crippen LogP contribution in [0.1, 0.15) is 23.2 Å². The Balaban J connectivity index is 1.75. The van der Waals surface area contributed by atoms with Gasteiger partial charge < -0.3 is 14.9 Å². The lowest BCUT2D eigenvalue weighted by Gasteiger charge is -2.34. The number of phenols is 1. The molecule has 1 saturated carbocycles. The van der Waals surface area contributed by atoms with Crippen molar-refractivity contribution in [2.75, 3.05) is 19.6 Å². The molecule has 1 saturated heterocycles. The summed E-state index contributed by atoms with van der Waals surface area (Å²) in [5.41, 5.74) is 0.0305. The van der Waals surface area contributed by atoms with Gasteiger partial charge >= 0.3 is 0 Å². The molecule has 1 N–H and O–H groups in total. The van der Waals surface area contributed by atoms with E-state index in [1.165, 1.54) is 11.0 Å². The molecule has 112 valence electrons. The van der Waals surface area contributed by atoms with E-state index in [0.29, 0.717) is 19.1 Å². The number of halogens is 2. The molecule has 0 unspecified atom stereocenters. The number of carbonyl (C=O) groups is 2. The highest BCUT2D eigenvalue weighted by molar-refractivity contribution is 6.32. The second-order valence-electron chi connectivity index (χ2n) is 5.33. The number of rotatable bonds is 2. The summed E-state index contributed by atoms with van der Waals surface area (Å²) in [7, 11) is 0. The maximum atomic E-state index is 13.4. The normalized spacial score (nSPS) is 19.0. The van der Waals surface area contributed by atoms with Gasteiger partial charge in [-0.05, 0) is 25.0 Å². The van der Waals surface area contributed by atoms with Gasteiger partial charge in [0.2, 0.25) is 5.91 Å². The Bertz CT molecular complexity index is 595. The van der Waals surface area contributed by atoms with Crippen LogP contribution >= 0.6 is 11.6 Å². The lowest BCUT2D eigenvalue weighted by Crippen LogP contribution is -2.52. The molecule has 1 aromatic carbocycles. The molecule has 2 aliphatic rings. The third-order valence-electron chi connectivity index (χ3n) is 3.80. The molecule has 3 rings (SSSR count). The van der Waals surface area contributed by atoms with Gasteiger partial charge in [0.15, 0.2) is 11.6 Å². The average molecular weight is 313 g/mol. The molecule has 0 bridgehead atoms. The van der Waals surface area contributed by atoms with Crippen LogP contribution in [0.3, 0.4) is 0 Å². The Kier molecular flexibility index (Phi) is 3.49. The summed E-state index contributed by atoms with van der Waals surface area (Å²) in [6.45, 7) is 0.917. The molecule has 5 nitrogen and oxygen atoms in total. The van der Waals surface area contributed by atoms with E-state index in [0.717, 1.165) is 18.9 Å². The molecule has 2 amide bonds. The van der Waals surface area contributed by atoms with Gasteiger partial charge in [-0.15, -0.1) is 0 Å². The van der Waals surface area contributed by atoms with Crippen molar-refractivity contribution >= 4 is 23.4 Å². The number of aromatic hydroxyl groups is 1. The maximum absolute atomic E-state index is 13.4. The fourth-order valence-corrected chi connectivity index (χ4v) is 2.71. The van der Waals surface area contributed by atoms with E-state index in [2.05, 4.69) is 0 Å². The fraction of sp³-hybridized carbons (Fsp3) is 0.429. The molecule has 1 aliphatic carbocycles. The van der Waals surface area contributed by atoms with Gasteiger partial charge in [-0.1, -0.05) is 11.6 Å². The summed E-state index contributed by atoms with van der Waals surface area (Å²) in [5, 5.41) is 9.05. The van der Waals surface area contributed by atoms with E-state index >= 15 is 0 Å². The standard InChI is InChI=1S/C14H14ClFN2O3/c15-10-5-8(6-11(16)13(10)20)14(21)17-3-4-18(9-1-2-9)12(19)7-17/h5-6,9,20H,1-4,7H2. The van der Waals surface area contributed by atoms with Crippen LogP contribution in [0.25, 0.3) is 0 Å². The number of hydrogen-bond donors (Lipinski definition) is 1. The van der Waals surface area contributed by atoms with Crippen LogP contribution < -0.4 is 0 Å². The molecule has 1 heterocycles. The smallest absolute Gasteiger partial charge is 0.254 e. The summed E-state index contributed by atoms with van der Waals surface area (Å²) in [4.78, 5) is 27.5. The van der Waals surface area contributed by atoms with Crippen LogP contribution in [0, 0.1) is 5.82 Å². The maximum Gasteiger partial charge on any atom is 0.254 e. The number of carbonyl (C=O) groups excluding carboxylic acids is 2. The van der Waals surface area contributed by atoms with Gasteiger partial charge in [0.25, 0.3) is 5.91 Å². The first-order chi connectivity index (χ1) is 9.97. The molecule has 2 fully saturated rings. The zero-order chi connectivity index (χ0) is 15.1. The molecular weight excluding hydrogens is 299 g/mol. The van der Waals surface area contributed by atoms with Gasteiger partial charge in [0.1, 0.15) is 6.54 Å². The Morgan fingerprint density at radius 1 is 1.33 bits per heavy atom. The minimum atomic E-state index is -0.950. The van der Waals surface area contributed by atoms with Gasteiger partial charge in [-0.3, -0.25) is 9.59 Å². The molecule has 0 spiro atoms. The Morgan fingerprint density at radius 2 is 2.05 bits per heavy atom. The van der Waals surface area contributed by atoms with E-state index in [-0.39, 0.29) is 23.0 Å². The second kappa shape index (κ2) is 5.18. The SMILES string of the molecule is O=C(c1cc(F)c(O)c(Cl)c1)N1CCN(C2CC2)C(=O)C1. The molecule has 0 aromatic heterocycles. The highest BCUT2D eigenvalue weighted by atomic mass is 35.5. The van der Waals surface area contributed by atoms with Crippen LogP contribution in [0.5, 0.6) is 5.75 Å². The first-order valence-corrected chi connectivity index (χ1v) is 7.12. The predicted molar refractivity (Wildman–Crippen MR) is 73.7 cm³/mol. The second-order valence-corrected chi connectivity index (χ2v) is 5.74. The number of phenolic OH excluding ortho intramolecular Hbond substituents is 1. The van der Waals surface area contributed by atoms with Gasteiger partial charge in [-0.25, -0.2) is 4.39 Å². The third kappa shape index (κ3) is 2.68. The lowest BCUT2D eigenvalue weighted by molar-refractivity contribution is -0.135. The van der Waals surface area contributed by atoms with Crippen LogP contribution in [0.15, 0.2) is 12.1 Å². The number of nitrogens with zero attached hydrogens (tertiary/aromatic N) is 2. The minimum Gasteiger partial charge on any atom is -0.504 e. The fourth-order valence-electron chi connectivity index (χ4n) is 2.50. The van der Waals surface area contributed by atoms with Crippen molar-refractivity contribution < 1.29 is 19.1 Å². The summed E-state index contributed by atoms with van der Waals surface area (Å²) >= 11 is 5.67. The van der Waals surface area contributed by atoms with Crippen molar-refractivity contribution in [3.8, 4) is 5.75 Å². The van der Waals surface area contributed by atoms with E-state index in [9.17, 15) is 19.1 Å². The number of amides is 2. The molecule has 1 aromatic rings. The van der Waals surface area contributed by atoms with Crippen molar-refractivity contribution in [1.82, 2.24) is 9.80 Å². The monoisotopic (exact) mass is 312 g/mol. The lowest BCUT2D eigenvalue weighted by atomic mass is 10.1. The molecule has 0 atom stereocenters.